The number of halogens is 2. The summed E-state index contributed by atoms with van der Waals surface area (Å²) in [5.74, 6) is -2.17. The average molecular weight is 399 g/mol. The van der Waals surface area contributed by atoms with E-state index in [0.29, 0.717) is 9.13 Å². The molecule has 0 aliphatic heterocycles. The van der Waals surface area contributed by atoms with Crippen molar-refractivity contribution in [2.45, 2.75) is 6.04 Å². The lowest BCUT2D eigenvalue weighted by Crippen LogP contribution is -2.34. The van der Waals surface area contributed by atoms with E-state index in [1.807, 2.05) is 22.6 Å². The number of carbonyl (C=O) groups is 2. The van der Waals surface area contributed by atoms with Crippen LogP contribution in [0.4, 0.5) is 4.39 Å². The van der Waals surface area contributed by atoms with Crippen LogP contribution in [0.25, 0.3) is 0 Å². The number of aliphatic carboxylic acids is 1. The maximum atomic E-state index is 13.0. The minimum absolute atomic E-state index is 0.235. The topological polar surface area (TPSA) is 66.4 Å². The average Bonchev–Trinajstić information content (AvgIpc) is 2.45. The molecular formula is C15H11FINO3. The summed E-state index contributed by atoms with van der Waals surface area (Å²) in [4.78, 5) is 23.5. The van der Waals surface area contributed by atoms with Gasteiger partial charge in [0.05, 0.1) is 5.56 Å². The first-order valence-corrected chi connectivity index (χ1v) is 7.10. The van der Waals surface area contributed by atoms with E-state index in [9.17, 15) is 19.1 Å². The van der Waals surface area contributed by atoms with E-state index in [1.165, 1.54) is 12.1 Å². The number of nitrogens with one attached hydrogen (secondary N) is 1. The van der Waals surface area contributed by atoms with E-state index in [2.05, 4.69) is 5.32 Å². The van der Waals surface area contributed by atoms with E-state index in [0.717, 1.165) is 6.07 Å². The molecule has 0 aliphatic carbocycles. The summed E-state index contributed by atoms with van der Waals surface area (Å²) < 4.78 is 13.5. The Labute approximate surface area is 134 Å². The van der Waals surface area contributed by atoms with Gasteiger partial charge in [-0.25, -0.2) is 9.18 Å². The van der Waals surface area contributed by atoms with Gasteiger partial charge in [0.15, 0.2) is 6.04 Å². The maximum absolute atomic E-state index is 13.0. The molecule has 2 aromatic rings. The Hall–Kier alpha value is -1.96. The molecule has 0 unspecified atom stereocenters. The molecule has 0 heterocycles. The van der Waals surface area contributed by atoms with E-state index < -0.39 is 23.7 Å². The normalized spacial score (nSPS) is 11.7. The van der Waals surface area contributed by atoms with Gasteiger partial charge in [-0.2, -0.15) is 0 Å². The van der Waals surface area contributed by atoms with Crippen LogP contribution in [0.5, 0.6) is 0 Å². The van der Waals surface area contributed by atoms with E-state index >= 15 is 0 Å². The lowest BCUT2D eigenvalue weighted by atomic mass is 10.1. The van der Waals surface area contributed by atoms with E-state index in [-0.39, 0.29) is 5.56 Å². The first kappa shape index (κ1) is 15.4. The quantitative estimate of drug-likeness (QED) is 0.778. The highest BCUT2D eigenvalue weighted by Gasteiger charge is 2.23. The summed E-state index contributed by atoms with van der Waals surface area (Å²) >= 11 is 1.83. The van der Waals surface area contributed by atoms with Crippen molar-refractivity contribution in [3.05, 3.63) is 69.0 Å². The molecule has 2 rings (SSSR count). The highest BCUT2D eigenvalue weighted by molar-refractivity contribution is 14.1. The Balaban J connectivity index is 2.25. The van der Waals surface area contributed by atoms with Gasteiger partial charge < -0.3 is 10.4 Å². The molecule has 0 saturated heterocycles. The highest BCUT2D eigenvalue weighted by Crippen LogP contribution is 2.17. The largest absolute Gasteiger partial charge is 0.479 e. The molecule has 0 saturated carbocycles. The summed E-state index contributed by atoms with van der Waals surface area (Å²) in [5.41, 5.74) is 0.703. The zero-order valence-electron chi connectivity index (χ0n) is 10.7. The molecule has 0 aromatic heterocycles. The van der Waals surface area contributed by atoms with Crippen LogP contribution in [0.15, 0.2) is 48.5 Å². The molecular weight excluding hydrogens is 388 g/mol. The highest BCUT2D eigenvalue weighted by atomic mass is 127. The number of benzene rings is 2. The smallest absolute Gasteiger partial charge is 0.330 e. The SMILES string of the molecule is O=C(N[C@@H](C(=O)O)c1ccccc1)c1ccc(F)cc1I. The van der Waals surface area contributed by atoms with Crippen LogP contribution >= 0.6 is 22.6 Å². The Morgan fingerprint density at radius 2 is 1.81 bits per heavy atom. The van der Waals surface area contributed by atoms with E-state index in [1.54, 1.807) is 30.3 Å². The second-order valence-corrected chi connectivity index (χ2v) is 5.44. The van der Waals surface area contributed by atoms with Crippen LogP contribution in [-0.4, -0.2) is 17.0 Å². The van der Waals surface area contributed by atoms with Crippen LogP contribution in [0, 0.1) is 9.39 Å². The summed E-state index contributed by atoms with van der Waals surface area (Å²) in [6, 6.07) is 10.9. The number of rotatable bonds is 4. The van der Waals surface area contributed by atoms with Gasteiger partial charge in [0, 0.05) is 3.57 Å². The summed E-state index contributed by atoms with van der Waals surface area (Å²) in [6.07, 6.45) is 0. The van der Waals surface area contributed by atoms with Crippen molar-refractivity contribution >= 4 is 34.5 Å². The van der Waals surface area contributed by atoms with Crippen LogP contribution in [0.1, 0.15) is 22.0 Å². The summed E-state index contributed by atoms with van der Waals surface area (Å²) in [6.45, 7) is 0. The first-order chi connectivity index (χ1) is 9.99. The Bertz CT molecular complexity index is 676. The summed E-state index contributed by atoms with van der Waals surface area (Å²) in [5, 5.41) is 11.7. The third kappa shape index (κ3) is 3.78. The second-order valence-electron chi connectivity index (χ2n) is 4.28. The molecule has 6 heteroatoms. The number of hydrogen-bond donors (Lipinski definition) is 2. The van der Waals surface area contributed by atoms with Crippen LogP contribution in [-0.2, 0) is 4.79 Å². The molecule has 2 N–H and O–H groups in total. The predicted molar refractivity (Wildman–Crippen MR) is 83.4 cm³/mol. The van der Waals surface area contributed by atoms with Gasteiger partial charge in [0.1, 0.15) is 5.82 Å². The van der Waals surface area contributed by atoms with Gasteiger partial charge >= 0.3 is 5.97 Å². The molecule has 1 atom stereocenters. The molecule has 21 heavy (non-hydrogen) atoms. The lowest BCUT2D eigenvalue weighted by molar-refractivity contribution is -0.139. The molecule has 4 nitrogen and oxygen atoms in total. The van der Waals surface area contributed by atoms with Gasteiger partial charge in [0.25, 0.3) is 5.91 Å². The number of amides is 1. The fourth-order valence-electron chi connectivity index (χ4n) is 1.82. The molecule has 0 fully saturated rings. The maximum Gasteiger partial charge on any atom is 0.330 e. The summed E-state index contributed by atoms with van der Waals surface area (Å²) in [7, 11) is 0. The number of carboxylic acid groups (broad SMARTS) is 1. The minimum atomic E-state index is -1.16. The van der Waals surface area contributed by atoms with Crippen molar-refractivity contribution in [3.8, 4) is 0 Å². The molecule has 0 aliphatic rings. The molecule has 108 valence electrons. The van der Waals surface area contributed by atoms with Crippen molar-refractivity contribution in [2.75, 3.05) is 0 Å². The molecule has 2 aromatic carbocycles. The van der Waals surface area contributed by atoms with Crippen molar-refractivity contribution in [3.63, 3.8) is 0 Å². The van der Waals surface area contributed by atoms with Crippen LogP contribution < -0.4 is 5.32 Å². The third-order valence-electron chi connectivity index (χ3n) is 2.83. The monoisotopic (exact) mass is 399 g/mol. The Morgan fingerprint density at radius 3 is 2.38 bits per heavy atom. The standard InChI is InChI=1S/C15H11FINO3/c16-10-6-7-11(12(17)8-10)14(19)18-13(15(20)21)9-4-2-1-3-5-9/h1-8,13H,(H,18,19)(H,20,21)/t13-/m1/s1. The molecule has 1 amide bonds. The predicted octanol–water partition coefficient (Wildman–Crippen LogP) is 2.99. The second kappa shape index (κ2) is 6.66. The number of hydrogen-bond acceptors (Lipinski definition) is 2. The Morgan fingerprint density at radius 1 is 1.14 bits per heavy atom. The van der Waals surface area contributed by atoms with Gasteiger partial charge in [-0.3, -0.25) is 4.79 Å². The van der Waals surface area contributed by atoms with Crippen molar-refractivity contribution in [2.24, 2.45) is 0 Å². The number of carbonyl (C=O) groups excluding carboxylic acids is 1. The van der Waals surface area contributed by atoms with Gasteiger partial charge in [-0.15, -0.1) is 0 Å². The van der Waals surface area contributed by atoms with Gasteiger partial charge in [0.2, 0.25) is 0 Å². The Kier molecular flexibility index (Phi) is 4.89. The molecule has 0 radical (unpaired) electrons. The molecule has 0 spiro atoms. The first-order valence-electron chi connectivity index (χ1n) is 6.02. The zero-order valence-corrected chi connectivity index (χ0v) is 12.9. The van der Waals surface area contributed by atoms with Gasteiger partial charge in [-0.05, 0) is 46.4 Å². The third-order valence-corrected chi connectivity index (χ3v) is 3.72. The van der Waals surface area contributed by atoms with Crippen molar-refractivity contribution < 1.29 is 19.1 Å². The number of carboxylic acids is 1. The van der Waals surface area contributed by atoms with Crippen LogP contribution in [0.2, 0.25) is 0 Å². The van der Waals surface area contributed by atoms with Gasteiger partial charge in [-0.1, -0.05) is 30.3 Å². The van der Waals surface area contributed by atoms with Crippen LogP contribution in [0.3, 0.4) is 0 Å². The fourth-order valence-corrected chi connectivity index (χ4v) is 2.54. The minimum Gasteiger partial charge on any atom is -0.479 e. The molecule has 0 bridgehead atoms. The van der Waals surface area contributed by atoms with Crippen molar-refractivity contribution in [1.29, 1.82) is 0 Å². The zero-order chi connectivity index (χ0) is 15.4. The fraction of sp³-hybridized carbons (Fsp3) is 0.0667. The van der Waals surface area contributed by atoms with Crippen molar-refractivity contribution in [1.82, 2.24) is 5.32 Å². The lowest BCUT2D eigenvalue weighted by Gasteiger charge is -2.15. The van der Waals surface area contributed by atoms with E-state index in [4.69, 9.17) is 0 Å².